The number of nitrogens with zero attached hydrogens (tertiary/aromatic N) is 2. The van der Waals surface area contributed by atoms with E-state index in [9.17, 15) is 24.0 Å². The lowest BCUT2D eigenvalue weighted by Crippen LogP contribution is -2.52. The summed E-state index contributed by atoms with van der Waals surface area (Å²) in [6.07, 6.45) is 12.0. The maximum absolute atomic E-state index is 14.6. The number of likely N-dealkylation sites (tertiary alicyclic amines) is 1. The van der Waals surface area contributed by atoms with E-state index in [1.165, 1.54) is 16.7 Å². The summed E-state index contributed by atoms with van der Waals surface area (Å²) in [5.74, 6) is 0.218. The topological polar surface area (TPSA) is 125 Å². The van der Waals surface area contributed by atoms with Crippen molar-refractivity contribution in [3.63, 3.8) is 0 Å². The van der Waals surface area contributed by atoms with Gasteiger partial charge in [-0.1, -0.05) is 85.3 Å². The van der Waals surface area contributed by atoms with Crippen LogP contribution in [0.1, 0.15) is 76.4 Å². The van der Waals surface area contributed by atoms with E-state index in [1.54, 1.807) is 43.3 Å². The molecular formula is C43H48N4O6S. The van der Waals surface area contributed by atoms with E-state index in [2.05, 4.69) is 22.8 Å². The predicted molar refractivity (Wildman–Crippen MR) is 210 cm³/mol. The van der Waals surface area contributed by atoms with Crippen molar-refractivity contribution in [3.05, 3.63) is 125 Å². The number of benzene rings is 3. The molecule has 0 spiro atoms. The SMILES string of the molecule is CNC(=O)C(c1ccccc1)N1CCC([C@H]2C=CC=CC2)CC(NC(=O)C(CCCCN2C(=O)c3ccccc3C2=O)SCc2ccc(OC)cc2)C1=O. The van der Waals surface area contributed by atoms with Gasteiger partial charge >= 0.3 is 0 Å². The molecule has 282 valence electrons. The van der Waals surface area contributed by atoms with E-state index in [4.69, 9.17) is 4.74 Å². The Morgan fingerprint density at radius 2 is 1.59 bits per heavy atom. The highest BCUT2D eigenvalue weighted by molar-refractivity contribution is 7.99. The van der Waals surface area contributed by atoms with Gasteiger partial charge in [-0.25, -0.2) is 0 Å². The van der Waals surface area contributed by atoms with Crippen LogP contribution in [-0.4, -0.2) is 77.9 Å². The number of hydrogen-bond donors (Lipinski definition) is 2. The number of nitrogens with one attached hydrogen (secondary N) is 2. The van der Waals surface area contributed by atoms with Crippen LogP contribution in [0.4, 0.5) is 0 Å². The number of likely N-dealkylation sites (N-methyl/N-ethyl adjacent to an activating group) is 1. The Bertz CT molecular complexity index is 1840. The van der Waals surface area contributed by atoms with Crippen molar-refractivity contribution in [3.8, 4) is 5.75 Å². The summed E-state index contributed by atoms with van der Waals surface area (Å²) in [5.41, 5.74) is 2.57. The van der Waals surface area contributed by atoms with Crippen LogP contribution in [0.15, 0.2) is 103 Å². The Morgan fingerprint density at radius 3 is 2.24 bits per heavy atom. The molecule has 0 radical (unpaired) electrons. The van der Waals surface area contributed by atoms with Crippen LogP contribution in [0.25, 0.3) is 0 Å². The van der Waals surface area contributed by atoms with E-state index in [0.29, 0.717) is 61.1 Å². The fraction of sp³-hybridized carbons (Fsp3) is 0.372. The number of amides is 5. The van der Waals surface area contributed by atoms with Gasteiger partial charge in [-0.3, -0.25) is 28.9 Å². The zero-order chi connectivity index (χ0) is 38.0. The highest BCUT2D eigenvalue weighted by Gasteiger charge is 2.41. The van der Waals surface area contributed by atoms with Crippen molar-refractivity contribution in [1.82, 2.24) is 20.4 Å². The van der Waals surface area contributed by atoms with Crippen LogP contribution < -0.4 is 15.4 Å². The van der Waals surface area contributed by atoms with E-state index in [1.807, 2.05) is 66.7 Å². The molecule has 5 amide bonds. The van der Waals surface area contributed by atoms with Crippen molar-refractivity contribution < 1.29 is 28.7 Å². The summed E-state index contributed by atoms with van der Waals surface area (Å²) in [4.78, 5) is 71.2. The molecule has 1 fully saturated rings. The van der Waals surface area contributed by atoms with Gasteiger partial charge in [-0.15, -0.1) is 11.8 Å². The average molecular weight is 749 g/mol. The van der Waals surface area contributed by atoms with Gasteiger partial charge in [0.1, 0.15) is 17.8 Å². The molecular weight excluding hydrogens is 701 g/mol. The molecule has 3 aliphatic rings. The van der Waals surface area contributed by atoms with E-state index in [0.717, 1.165) is 17.7 Å². The maximum atomic E-state index is 14.6. The summed E-state index contributed by atoms with van der Waals surface area (Å²) < 4.78 is 5.32. The van der Waals surface area contributed by atoms with E-state index < -0.39 is 17.3 Å². The summed E-state index contributed by atoms with van der Waals surface area (Å²) in [6.45, 7) is 0.635. The Labute approximate surface area is 321 Å². The molecule has 5 atom stereocenters. The molecule has 2 aliphatic heterocycles. The van der Waals surface area contributed by atoms with Gasteiger partial charge < -0.3 is 20.3 Å². The van der Waals surface area contributed by atoms with E-state index >= 15 is 0 Å². The van der Waals surface area contributed by atoms with Crippen molar-refractivity contribution in [1.29, 1.82) is 0 Å². The molecule has 0 bridgehead atoms. The Balaban J connectivity index is 1.20. The summed E-state index contributed by atoms with van der Waals surface area (Å²) >= 11 is 1.50. The maximum Gasteiger partial charge on any atom is 0.261 e. The Morgan fingerprint density at radius 1 is 0.889 bits per heavy atom. The van der Waals surface area contributed by atoms with Gasteiger partial charge in [0.05, 0.1) is 23.5 Å². The largest absolute Gasteiger partial charge is 0.497 e. The molecule has 3 aromatic rings. The number of carbonyl (C=O) groups is 5. The van der Waals surface area contributed by atoms with Gasteiger partial charge in [-0.05, 0) is 79.3 Å². The quantitative estimate of drug-likeness (QED) is 0.142. The average Bonchev–Trinajstić information content (AvgIpc) is 3.34. The first-order valence-corrected chi connectivity index (χ1v) is 19.7. The molecule has 1 aliphatic carbocycles. The van der Waals surface area contributed by atoms with Crippen LogP contribution in [0.5, 0.6) is 5.75 Å². The minimum Gasteiger partial charge on any atom is -0.497 e. The van der Waals surface area contributed by atoms with Gasteiger partial charge in [0.25, 0.3) is 11.8 Å². The second-order valence-electron chi connectivity index (χ2n) is 14.0. The van der Waals surface area contributed by atoms with E-state index in [-0.39, 0.29) is 47.9 Å². The number of methoxy groups -OCH3 is 1. The van der Waals surface area contributed by atoms with Crippen molar-refractivity contribution in [2.75, 3.05) is 27.2 Å². The first kappa shape index (κ1) is 38.6. The second-order valence-corrected chi connectivity index (χ2v) is 15.2. The molecule has 6 rings (SSSR count). The van der Waals surface area contributed by atoms with Crippen molar-refractivity contribution in [2.45, 2.75) is 61.6 Å². The molecule has 2 N–H and O–H groups in total. The first-order chi connectivity index (χ1) is 26.3. The summed E-state index contributed by atoms with van der Waals surface area (Å²) in [5, 5.41) is 5.41. The number of allylic oxidation sites excluding steroid dienone is 4. The number of carbonyl (C=O) groups excluding carboxylic acids is 5. The highest BCUT2D eigenvalue weighted by atomic mass is 32.2. The van der Waals surface area contributed by atoms with Crippen LogP contribution in [-0.2, 0) is 20.1 Å². The zero-order valence-electron chi connectivity index (χ0n) is 30.8. The molecule has 0 aromatic heterocycles. The van der Waals surface area contributed by atoms with Crippen molar-refractivity contribution in [2.24, 2.45) is 11.8 Å². The number of rotatable bonds is 15. The normalized spacial score (nSPS) is 20.6. The Hall–Kier alpha value is -5.16. The fourth-order valence-corrected chi connectivity index (χ4v) is 8.75. The third-order valence-electron chi connectivity index (χ3n) is 10.6. The molecule has 2 heterocycles. The number of thioether (sulfide) groups is 1. The molecule has 0 saturated carbocycles. The molecule has 10 nitrogen and oxygen atoms in total. The number of fused-ring (bicyclic) bond motifs is 1. The zero-order valence-corrected chi connectivity index (χ0v) is 31.6. The second kappa shape index (κ2) is 18.2. The first-order valence-electron chi connectivity index (χ1n) is 18.7. The minimum absolute atomic E-state index is 0.108. The number of imide groups is 1. The smallest absolute Gasteiger partial charge is 0.261 e. The number of hydrogen-bond acceptors (Lipinski definition) is 7. The number of ether oxygens (including phenoxy) is 1. The lowest BCUT2D eigenvalue weighted by Gasteiger charge is -2.32. The summed E-state index contributed by atoms with van der Waals surface area (Å²) in [6, 6.07) is 22.2. The third-order valence-corrected chi connectivity index (χ3v) is 11.9. The van der Waals surface area contributed by atoms with Crippen molar-refractivity contribution >= 4 is 41.3 Å². The Kier molecular flexibility index (Phi) is 13.0. The molecule has 54 heavy (non-hydrogen) atoms. The lowest BCUT2D eigenvalue weighted by molar-refractivity contribution is -0.143. The lowest BCUT2D eigenvalue weighted by atomic mass is 9.81. The van der Waals surface area contributed by atoms with Gasteiger partial charge in [-0.2, -0.15) is 0 Å². The van der Waals surface area contributed by atoms with Crippen LogP contribution in [0.2, 0.25) is 0 Å². The van der Waals surface area contributed by atoms with Crippen LogP contribution in [0.3, 0.4) is 0 Å². The van der Waals surface area contributed by atoms with Crippen LogP contribution in [0, 0.1) is 11.8 Å². The summed E-state index contributed by atoms with van der Waals surface area (Å²) in [7, 11) is 3.19. The fourth-order valence-electron chi connectivity index (χ4n) is 7.61. The minimum atomic E-state index is -0.842. The van der Waals surface area contributed by atoms with Gasteiger partial charge in [0, 0.05) is 25.9 Å². The molecule has 11 heteroatoms. The highest BCUT2D eigenvalue weighted by Crippen LogP contribution is 2.35. The number of unbranched alkanes of at least 4 members (excludes halogenated alkanes) is 1. The standard InChI is InChI=1S/C43H48N4O6S/c1-44-40(49)38(31-15-7-4-8-16-31)46-26-24-32(30-13-5-3-6-14-30)27-36(43(46)52)45-39(48)37(54-28-29-20-22-33(53-2)23-21-29)19-11-12-25-47-41(50)34-17-9-10-18-35(34)42(47)51/h3-10,13,15-18,20-23,30,32,36-38H,11-12,14,19,24-28H2,1-2H3,(H,44,49)(H,45,48)/t30-,32?,36?,37?,38?/m0/s1. The monoisotopic (exact) mass is 748 g/mol. The van der Waals surface area contributed by atoms with Gasteiger partial charge in [0.15, 0.2) is 0 Å². The predicted octanol–water partition coefficient (Wildman–Crippen LogP) is 6.11. The molecule has 4 unspecified atom stereocenters. The van der Waals surface area contributed by atoms with Crippen LogP contribution >= 0.6 is 11.8 Å². The van der Waals surface area contributed by atoms with Gasteiger partial charge in [0.2, 0.25) is 17.7 Å². The third kappa shape index (κ3) is 8.95. The molecule has 3 aromatic carbocycles. The molecule has 1 saturated heterocycles.